The largest absolute Gasteiger partial charge is 0.368 e. The van der Waals surface area contributed by atoms with Crippen molar-refractivity contribution in [3.05, 3.63) is 0 Å². The molecule has 0 aromatic heterocycles. The first-order valence-corrected chi connectivity index (χ1v) is 7.58. The van der Waals surface area contributed by atoms with Crippen molar-refractivity contribution in [1.29, 1.82) is 0 Å². The van der Waals surface area contributed by atoms with Crippen LogP contribution >= 0.6 is 0 Å². The van der Waals surface area contributed by atoms with Crippen molar-refractivity contribution in [3.63, 3.8) is 0 Å². The molecule has 2 atom stereocenters. The molecule has 0 radical (unpaired) electrons. The molecular weight excluding hydrogens is 226 g/mol. The third-order valence-corrected chi connectivity index (χ3v) is 4.42. The fourth-order valence-corrected chi connectivity index (χ4v) is 3.20. The first-order valence-electron chi connectivity index (χ1n) is 7.58. The molecule has 0 bridgehead atoms. The topological polar surface area (TPSA) is 29.5 Å². The molecule has 18 heavy (non-hydrogen) atoms. The first kappa shape index (κ1) is 13.9. The summed E-state index contributed by atoms with van der Waals surface area (Å²) in [6.07, 6.45) is 8.77. The molecule has 3 nitrogen and oxygen atoms in total. The maximum atomic E-state index is 12.3. The van der Waals surface area contributed by atoms with Crippen molar-refractivity contribution in [2.24, 2.45) is 5.92 Å². The average Bonchev–Trinajstić information content (AvgIpc) is 2.80. The molecule has 1 aliphatic carbocycles. The highest BCUT2D eigenvalue weighted by atomic mass is 16.5. The van der Waals surface area contributed by atoms with Gasteiger partial charge in [-0.15, -0.1) is 0 Å². The third kappa shape index (κ3) is 3.71. The highest BCUT2D eigenvalue weighted by Crippen LogP contribution is 2.23. The molecule has 2 unspecified atom stereocenters. The standard InChI is InChI=1S/C15H27NO2/c1-12-6-5-7-13(2)16(10-12)15(17)11-18-14-8-3-4-9-14/h12-14H,3-11H2,1-2H3. The van der Waals surface area contributed by atoms with Crippen molar-refractivity contribution in [3.8, 4) is 0 Å². The summed E-state index contributed by atoms with van der Waals surface area (Å²) in [5.41, 5.74) is 0. The minimum Gasteiger partial charge on any atom is -0.368 e. The van der Waals surface area contributed by atoms with Crippen LogP contribution in [0.2, 0.25) is 0 Å². The maximum Gasteiger partial charge on any atom is 0.248 e. The van der Waals surface area contributed by atoms with Gasteiger partial charge in [-0.2, -0.15) is 0 Å². The Kier molecular flexibility index (Phi) is 5.04. The SMILES string of the molecule is CC1CCCC(C)N(C(=O)COC2CCCC2)C1. The van der Waals surface area contributed by atoms with E-state index >= 15 is 0 Å². The number of carbonyl (C=O) groups is 1. The van der Waals surface area contributed by atoms with Crippen LogP contribution in [0.1, 0.15) is 58.8 Å². The quantitative estimate of drug-likeness (QED) is 0.774. The Hall–Kier alpha value is -0.570. The van der Waals surface area contributed by atoms with Gasteiger partial charge < -0.3 is 9.64 Å². The predicted molar refractivity (Wildman–Crippen MR) is 72.4 cm³/mol. The number of carbonyl (C=O) groups excluding carboxylic acids is 1. The number of amides is 1. The average molecular weight is 253 g/mol. The van der Waals surface area contributed by atoms with E-state index in [-0.39, 0.29) is 5.91 Å². The van der Waals surface area contributed by atoms with Gasteiger partial charge in [-0.25, -0.2) is 0 Å². The van der Waals surface area contributed by atoms with Crippen LogP contribution < -0.4 is 0 Å². The summed E-state index contributed by atoms with van der Waals surface area (Å²) in [6.45, 7) is 5.62. The number of ether oxygens (including phenoxy) is 1. The van der Waals surface area contributed by atoms with Crippen LogP contribution in [0.3, 0.4) is 0 Å². The molecule has 0 spiro atoms. The van der Waals surface area contributed by atoms with Gasteiger partial charge in [0.2, 0.25) is 5.91 Å². The summed E-state index contributed by atoms with van der Waals surface area (Å²) in [5, 5.41) is 0. The van der Waals surface area contributed by atoms with Gasteiger partial charge in [-0.1, -0.05) is 26.2 Å². The van der Waals surface area contributed by atoms with E-state index in [0.717, 1.165) is 25.8 Å². The second kappa shape index (κ2) is 6.55. The fourth-order valence-electron chi connectivity index (χ4n) is 3.20. The van der Waals surface area contributed by atoms with Gasteiger partial charge in [0.25, 0.3) is 0 Å². The lowest BCUT2D eigenvalue weighted by atomic mass is 10.1. The van der Waals surface area contributed by atoms with Gasteiger partial charge in [0.05, 0.1) is 6.10 Å². The molecule has 3 heteroatoms. The Morgan fingerprint density at radius 1 is 1.11 bits per heavy atom. The Morgan fingerprint density at radius 2 is 1.83 bits per heavy atom. The minimum atomic E-state index is 0.197. The molecule has 2 fully saturated rings. The number of rotatable bonds is 3. The predicted octanol–water partition coefficient (Wildman–Crippen LogP) is 2.98. The van der Waals surface area contributed by atoms with Crippen LogP contribution in [0, 0.1) is 5.92 Å². The summed E-state index contributed by atoms with van der Waals surface area (Å²) < 4.78 is 5.75. The van der Waals surface area contributed by atoms with Crippen LogP contribution in [0.15, 0.2) is 0 Å². The summed E-state index contributed by atoms with van der Waals surface area (Å²) in [7, 11) is 0. The zero-order chi connectivity index (χ0) is 13.0. The van der Waals surface area contributed by atoms with Crippen LogP contribution in [0.4, 0.5) is 0 Å². The molecule has 1 saturated heterocycles. The van der Waals surface area contributed by atoms with E-state index in [1.807, 2.05) is 4.90 Å². The molecule has 104 valence electrons. The molecular formula is C15H27NO2. The lowest BCUT2D eigenvalue weighted by molar-refractivity contribution is -0.140. The van der Waals surface area contributed by atoms with Gasteiger partial charge in [0.15, 0.2) is 0 Å². The summed E-state index contributed by atoms with van der Waals surface area (Å²) in [5.74, 6) is 0.827. The van der Waals surface area contributed by atoms with Crippen molar-refractivity contribution in [1.82, 2.24) is 4.90 Å². The van der Waals surface area contributed by atoms with E-state index in [4.69, 9.17) is 4.74 Å². The zero-order valence-electron chi connectivity index (χ0n) is 11.9. The van der Waals surface area contributed by atoms with E-state index in [2.05, 4.69) is 13.8 Å². The zero-order valence-corrected chi connectivity index (χ0v) is 11.9. The Bertz CT molecular complexity index is 274. The highest BCUT2D eigenvalue weighted by Gasteiger charge is 2.26. The summed E-state index contributed by atoms with van der Waals surface area (Å²) in [4.78, 5) is 14.3. The number of nitrogens with zero attached hydrogens (tertiary/aromatic N) is 1. The van der Waals surface area contributed by atoms with Crippen molar-refractivity contribution in [2.75, 3.05) is 13.2 Å². The minimum absolute atomic E-state index is 0.197. The molecule has 1 saturated carbocycles. The van der Waals surface area contributed by atoms with Crippen molar-refractivity contribution >= 4 is 5.91 Å². The lowest BCUT2D eigenvalue weighted by Crippen LogP contribution is -2.42. The molecule has 2 aliphatic rings. The number of hydrogen-bond acceptors (Lipinski definition) is 2. The van der Waals surface area contributed by atoms with E-state index in [9.17, 15) is 4.79 Å². The van der Waals surface area contributed by atoms with Crippen molar-refractivity contribution in [2.45, 2.75) is 70.9 Å². The third-order valence-electron chi connectivity index (χ3n) is 4.42. The first-order chi connectivity index (χ1) is 8.66. The van der Waals surface area contributed by atoms with Crippen LogP contribution in [-0.2, 0) is 9.53 Å². The smallest absolute Gasteiger partial charge is 0.248 e. The van der Waals surface area contributed by atoms with E-state index < -0.39 is 0 Å². The van der Waals surface area contributed by atoms with Crippen LogP contribution in [0.5, 0.6) is 0 Å². The van der Waals surface area contributed by atoms with Crippen LogP contribution in [-0.4, -0.2) is 36.1 Å². The monoisotopic (exact) mass is 253 g/mol. The Morgan fingerprint density at radius 3 is 2.56 bits per heavy atom. The van der Waals surface area contributed by atoms with Gasteiger partial charge in [-0.3, -0.25) is 4.79 Å². The number of hydrogen-bond donors (Lipinski definition) is 0. The molecule has 1 aliphatic heterocycles. The van der Waals surface area contributed by atoms with Gasteiger partial charge >= 0.3 is 0 Å². The van der Waals surface area contributed by atoms with Gasteiger partial charge in [0, 0.05) is 12.6 Å². The van der Waals surface area contributed by atoms with E-state index in [0.29, 0.717) is 24.7 Å². The summed E-state index contributed by atoms with van der Waals surface area (Å²) in [6, 6.07) is 0.384. The fraction of sp³-hybridized carbons (Fsp3) is 0.933. The lowest BCUT2D eigenvalue weighted by Gasteiger charge is -2.29. The van der Waals surface area contributed by atoms with Gasteiger partial charge in [-0.05, 0) is 38.5 Å². The van der Waals surface area contributed by atoms with Crippen LogP contribution in [0.25, 0.3) is 0 Å². The van der Waals surface area contributed by atoms with Crippen molar-refractivity contribution < 1.29 is 9.53 Å². The molecule has 0 N–H and O–H groups in total. The maximum absolute atomic E-state index is 12.3. The Balaban J connectivity index is 1.81. The highest BCUT2D eigenvalue weighted by molar-refractivity contribution is 5.77. The summed E-state index contributed by atoms with van der Waals surface area (Å²) >= 11 is 0. The molecule has 2 rings (SSSR count). The molecule has 0 aromatic carbocycles. The normalized spacial score (nSPS) is 30.4. The number of likely N-dealkylation sites (tertiary alicyclic amines) is 1. The van der Waals surface area contributed by atoms with E-state index in [1.54, 1.807) is 0 Å². The molecule has 1 amide bonds. The molecule has 1 heterocycles. The Labute approximate surface area is 111 Å². The van der Waals surface area contributed by atoms with E-state index in [1.165, 1.54) is 25.7 Å². The second-order valence-electron chi connectivity index (χ2n) is 6.15. The molecule has 0 aromatic rings. The van der Waals surface area contributed by atoms with Gasteiger partial charge in [0.1, 0.15) is 6.61 Å². The second-order valence-corrected chi connectivity index (χ2v) is 6.15.